The number of halogens is 1. The second-order valence-corrected chi connectivity index (χ2v) is 5.96. The van der Waals surface area contributed by atoms with Gasteiger partial charge in [-0.25, -0.2) is 0 Å². The quantitative estimate of drug-likeness (QED) is 0.808. The number of rotatable bonds is 5. The van der Waals surface area contributed by atoms with Gasteiger partial charge in [0.1, 0.15) is 0 Å². The Labute approximate surface area is 121 Å². The zero-order chi connectivity index (χ0) is 14.6. The van der Waals surface area contributed by atoms with E-state index in [1.54, 1.807) is 0 Å². The second kappa shape index (κ2) is 6.42. The Kier molecular flexibility index (Phi) is 5.42. The first-order chi connectivity index (χ1) is 8.83. The summed E-state index contributed by atoms with van der Waals surface area (Å²) in [6.07, 6.45) is 1.65. The minimum atomic E-state index is -0.234. The van der Waals surface area contributed by atoms with Gasteiger partial charge in [0.05, 0.1) is 0 Å². The van der Waals surface area contributed by atoms with Crippen molar-refractivity contribution in [2.45, 2.75) is 53.0 Å². The molecule has 1 atom stereocenters. The number of carbonyl (C=O) groups is 1. The van der Waals surface area contributed by atoms with Crippen molar-refractivity contribution >= 4 is 17.5 Å². The first kappa shape index (κ1) is 16.0. The summed E-state index contributed by atoms with van der Waals surface area (Å²) in [5, 5.41) is 3.14. The van der Waals surface area contributed by atoms with Gasteiger partial charge in [0.2, 0.25) is 0 Å². The first-order valence-electron chi connectivity index (χ1n) is 6.79. The highest BCUT2D eigenvalue weighted by atomic mass is 35.5. The molecule has 1 unspecified atom stereocenters. The molecule has 1 rings (SSSR count). The van der Waals surface area contributed by atoms with Gasteiger partial charge in [-0.2, -0.15) is 0 Å². The standard InChI is InChI=1S/C16H24ClNO/c1-6-16(5,7-8-17)18-15(19)14-12(3)9-11(2)10-13(14)4/h9-10H,6-8H2,1-5H3,(H,18,19). The number of nitrogens with one attached hydrogen (secondary N) is 1. The average molecular weight is 282 g/mol. The van der Waals surface area contributed by atoms with Crippen LogP contribution in [0.2, 0.25) is 0 Å². The Morgan fingerprint density at radius 2 is 1.79 bits per heavy atom. The summed E-state index contributed by atoms with van der Waals surface area (Å²) in [4.78, 5) is 12.5. The molecule has 1 N–H and O–H groups in total. The zero-order valence-corrected chi connectivity index (χ0v) is 13.3. The Bertz CT molecular complexity index is 447. The molecule has 1 aromatic carbocycles. The predicted octanol–water partition coefficient (Wildman–Crippen LogP) is 4.14. The lowest BCUT2D eigenvalue weighted by atomic mass is 9.93. The average Bonchev–Trinajstić information content (AvgIpc) is 2.27. The topological polar surface area (TPSA) is 29.1 Å². The van der Waals surface area contributed by atoms with E-state index in [9.17, 15) is 4.79 Å². The van der Waals surface area contributed by atoms with Crippen molar-refractivity contribution in [3.63, 3.8) is 0 Å². The van der Waals surface area contributed by atoms with Crippen LogP contribution in [0.5, 0.6) is 0 Å². The molecular formula is C16H24ClNO. The molecule has 1 aromatic rings. The molecule has 106 valence electrons. The molecule has 0 aliphatic rings. The highest BCUT2D eigenvalue weighted by Gasteiger charge is 2.25. The van der Waals surface area contributed by atoms with Crippen molar-refractivity contribution < 1.29 is 4.79 Å². The van der Waals surface area contributed by atoms with Gasteiger partial charge < -0.3 is 5.32 Å². The molecule has 0 saturated carbocycles. The van der Waals surface area contributed by atoms with Crippen molar-refractivity contribution in [2.24, 2.45) is 0 Å². The minimum Gasteiger partial charge on any atom is -0.347 e. The molecule has 0 bridgehead atoms. The number of benzene rings is 1. The molecular weight excluding hydrogens is 258 g/mol. The van der Waals surface area contributed by atoms with E-state index in [1.807, 2.05) is 39.8 Å². The first-order valence-corrected chi connectivity index (χ1v) is 7.32. The van der Waals surface area contributed by atoms with E-state index in [4.69, 9.17) is 11.6 Å². The number of amides is 1. The van der Waals surface area contributed by atoms with E-state index < -0.39 is 0 Å². The van der Waals surface area contributed by atoms with Crippen LogP contribution in [0.1, 0.15) is 53.7 Å². The lowest BCUT2D eigenvalue weighted by Crippen LogP contribution is -2.46. The van der Waals surface area contributed by atoms with Gasteiger partial charge in [0.25, 0.3) is 5.91 Å². The Hall–Kier alpha value is -1.02. The smallest absolute Gasteiger partial charge is 0.252 e. The minimum absolute atomic E-state index is 0.00414. The third-order valence-electron chi connectivity index (χ3n) is 3.75. The number of carbonyl (C=O) groups excluding carboxylic acids is 1. The largest absolute Gasteiger partial charge is 0.347 e. The number of alkyl halides is 1. The molecule has 3 heteroatoms. The van der Waals surface area contributed by atoms with Crippen LogP contribution in [0, 0.1) is 20.8 Å². The number of hydrogen-bond donors (Lipinski definition) is 1. The second-order valence-electron chi connectivity index (χ2n) is 5.58. The third kappa shape index (κ3) is 3.97. The summed E-state index contributed by atoms with van der Waals surface area (Å²) in [6.45, 7) is 10.1. The van der Waals surface area contributed by atoms with Crippen LogP contribution in [0.25, 0.3) is 0 Å². The van der Waals surface area contributed by atoms with Crippen LogP contribution in [0.15, 0.2) is 12.1 Å². The van der Waals surface area contributed by atoms with E-state index in [-0.39, 0.29) is 11.4 Å². The maximum absolute atomic E-state index is 12.5. The predicted molar refractivity (Wildman–Crippen MR) is 82.2 cm³/mol. The highest BCUT2D eigenvalue weighted by molar-refractivity contribution is 6.17. The van der Waals surface area contributed by atoms with Crippen molar-refractivity contribution in [1.29, 1.82) is 0 Å². The molecule has 0 heterocycles. The summed E-state index contributed by atoms with van der Waals surface area (Å²) in [6, 6.07) is 4.10. The van der Waals surface area contributed by atoms with E-state index >= 15 is 0 Å². The summed E-state index contributed by atoms with van der Waals surface area (Å²) in [7, 11) is 0. The summed E-state index contributed by atoms with van der Waals surface area (Å²) < 4.78 is 0. The molecule has 0 aliphatic heterocycles. The van der Waals surface area contributed by atoms with Crippen LogP contribution < -0.4 is 5.32 Å². The van der Waals surface area contributed by atoms with Crippen molar-refractivity contribution in [1.82, 2.24) is 5.32 Å². The van der Waals surface area contributed by atoms with E-state index in [0.29, 0.717) is 5.88 Å². The zero-order valence-electron chi connectivity index (χ0n) is 12.6. The highest BCUT2D eigenvalue weighted by Crippen LogP contribution is 2.20. The van der Waals surface area contributed by atoms with Gasteiger partial charge in [0.15, 0.2) is 0 Å². The van der Waals surface area contributed by atoms with E-state index in [2.05, 4.69) is 12.2 Å². The van der Waals surface area contributed by atoms with Gasteiger partial charge in [-0.1, -0.05) is 24.6 Å². The summed E-state index contributed by atoms with van der Waals surface area (Å²) in [5.41, 5.74) is 3.80. The van der Waals surface area contributed by atoms with Crippen molar-refractivity contribution in [3.8, 4) is 0 Å². The fourth-order valence-corrected chi connectivity index (χ4v) is 2.83. The van der Waals surface area contributed by atoms with Crippen molar-refractivity contribution in [3.05, 3.63) is 34.4 Å². The molecule has 1 amide bonds. The molecule has 0 saturated heterocycles. The van der Waals surface area contributed by atoms with Gasteiger partial charge in [-0.3, -0.25) is 4.79 Å². The Morgan fingerprint density at radius 1 is 1.26 bits per heavy atom. The van der Waals surface area contributed by atoms with Crippen LogP contribution in [0.4, 0.5) is 0 Å². The van der Waals surface area contributed by atoms with Crippen LogP contribution in [-0.4, -0.2) is 17.3 Å². The Balaban J connectivity index is 3.02. The van der Waals surface area contributed by atoms with Gasteiger partial charge in [-0.15, -0.1) is 11.6 Å². The van der Waals surface area contributed by atoms with Gasteiger partial charge in [-0.05, 0) is 51.7 Å². The molecule has 0 spiro atoms. The number of hydrogen-bond acceptors (Lipinski definition) is 1. The monoisotopic (exact) mass is 281 g/mol. The SMILES string of the molecule is CCC(C)(CCCl)NC(=O)c1c(C)cc(C)cc1C. The summed E-state index contributed by atoms with van der Waals surface area (Å²) >= 11 is 5.83. The summed E-state index contributed by atoms with van der Waals surface area (Å²) in [5.74, 6) is 0.556. The Morgan fingerprint density at radius 3 is 2.21 bits per heavy atom. The van der Waals surface area contributed by atoms with Crippen LogP contribution in [0.3, 0.4) is 0 Å². The molecule has 0 aliphatic carbocycles. The molecule has 0 aromatic heterocycles. The van der Waals surface area contributed by atoms with E-state index in [0.717, 1.165) is 29.5 Å². The number of aryl methyl sites for hydroxylation is 3. The van der Waals surface area contributed by atoms with Crippen molar-refractivity contribution in [2.75, 3.05) is 5.88 Å². The maximum Gasteiger partial charge on any atom is 0.252 e. The van der Waals surface area contributed by atoms with Crippen LogP contribution in [-0.2, 0) is 0 Å². The lowest BCUT2D eigenvalue weighted by Gasteiger charge is -2.29. The molecule has 19 heavy (non-hydrogen) atoms. The lowest BCUT2D eigenvalue weighted by molar-refractivity contribution is 0.0900. The molecule has 0 radical (unpaired) electrons. The van der Waals surface area contributed by atoms with Gasteiger partial charge in [0, 0.05) is 17.0 Å². The third-order valence-corrected chi connectivity index (χ3v) is 3.93. The maximum atomic E-state index is 12.5. The fraction of sp³-hybridized carbons (Fsp3) is 0.562. The molecule has 2 nitrogen and oxygen atoms in total. The van der Waals surface area contributed by atoms with Crippen LogP contribution >= 0.6 is 11.6 Å². The molecule has 0 fully saturated rings. The normalized spacial score (nSPS) is 14.0. The fourth-order valence-electron chi connectivity index (χ4n) is 2.41. The van der Waals surface area contributed by atoms with E-state index in [1.165, 1.54) is 5.56 Å². The van der Waals surface area contributed by atoms with Gasteiger partial charge >= 0.3 is 0 Å².